The summed E-state index contributed by atoms with van der Waals surface area (Å²) < 4.78 is 13.8. The number of rotatable bonds is 4. The SMILES string of the molecule is COc1ccc(C(=O)N2CCn3nc([C@@H](O)c4ccnn4C)cc3C2)o1. The number of furan rings is 1. The molecule has 26 heavy (non-hydrogen) atoms. The predicted octanol–water partition coefficient (Wildman–Crippen LogP) is 0.956. The summed E-state index contributed by atoms with van der Waals surface area (Å²) in [6.45, 7) is 1.46. The lowest BCUT2D eigenvalue weighted by molar-refractivity contribution is 0.0667. The van der Waals surface area contributed by atoms with Crippen molar-refractivity contribution in [3.05, 3.63) is 53.3 Å². The number of aliphatic hydroxyl groups is 1. The zero-order chi connectivity index (χ0) is 18.3. The third-order valence-electron chi connectivity index (χ3n) is 4.52. The first-order valence-electron chi connectivity index (χ1n) is 8.22. The Labute approximate surface area is 149 Å². The van der Waals surface area contributed by atoms with Crippen LogP contribution in [0.3, 0.4) is 0 Å². The Hall–Kier alpha value is -3.07. The van der Waals surface area contributed by atoms with Gasteiger partial charge in [0.2, 0.25) is 0 Å². The quantitative estimate of drug-likeness (QED) is 0.747. The molecule has 1 atom stereocenters. The summed E-state index contributed by atoms with van der Waals surface area (Å²) in [5.41, 5.74) is 2.06. The van der Waals surface area contributed by atoms with E-state index in [0.29, 0.717) is 37.0 Å². The van der Waals surface area contributed by atoms with Crippen LogP contribution in [0, 0.1) is 0 Å². The minimum Gasteiger partial charge on any atom is -0.468 e. The molecule has 0 radical (unpaired) electrons. The van der Waals surface area contributed by atoms with Gasteiger partial charge in [-0.3, -0.25) is 14.2 Å². The maximum absolute atomic E-state index is 12.6. The minimum atomic E-state index is -0.862. The number of ether oxygens (including phenoxy) is 1. The summed E-state index contributed by atoms with van der Waals surface area (Å²) >= 11 is 0. The van der Waals surface area contributed by atoms with Crippen molar-refractivity contribution in [1.82, 2.24) is 24.5 Å². The molecular formula is C17H19N5O4. The van der Waals surface area contributed by atoms with E-state index in [9.17, 15) is 9.90 Å². The number of nitrogens with zero attached hydrogens (tertiary/aromatic N) is 5. The average Bonchev–Trinajstić information content (AvgIpc) is 3.38. The second-order valence-electron chi connectivity index (χ2n) is 6.12. The largest absolute Gasteiger partial charge is 0.468 e. The smallest absolute Gasteiger partial charge is 0.290 e. The molecule has 0 saturated heterocycles. The number of carbonyl (C=O) groups is 1. The molecular weight excluding hydrogens is 338 g/mol. The highest BCUT2D eigenvalue weighted by molar-refractivity contribution is 5.91. The Morgan fingerprint density at radius 1 is 1.35 bits per heavy atom. The first-order chi connectivity index (χ1) is 12.6. The van der Waals surface area contributed by atoms with Gasteiger partial charge in [0, 0.05) is 25.9 Å². The van der Waals surface area contributed by atoms with E-state index in [-0.39, 0.29) is 11.7 Å². The number of fused-ring (bicyclic) bond motifs is 1. The Morgan fingerprint density at radius 2 is 2.19 bits per heavy atom. The molecule has 3 aromatic heterocycles. The molecule has 4 heterocycles. The second-order valence-corrected chi connectivity index (χ2v) is 6.12. The highest BCUT2D eigenvalue weighted by atomic mass is 16.6. The van der Waals surface area contributed by atoms with Crippen molar-refractivity contribution in [3.8, 4) is 5.95 Å². The second kappa shape index (κ2) is 6.34. The van der Waals surface area contributed by atoms with Gasteiger partial charge in [-0.2, -0.15) is 10.2 Å². The Kier molecular flexibility index (Phi) is 4.00. The lowest BCUT2D eigenvalue weighted by Gasteiger charge is -2.26. The lowest BCUT2D eigenvalue weighted by atomic mass is 10.1. The van der Waals surface area contributed by atoms with Crippen LogP contribution in [0.25, 0.3) is 0 Å². The van der Waals surface area contributed by atoms with Crippen molar-refractivity contribution in [2.45, 2.75) is 19.2 Å². The fourth-order valence-corrected chi connectivity index (χ4v) is 3.10. The van der Waals surface area contributed by atoms with E-state index in [1.165, 1.54) is 7.11 Å². The first-order valence-corrected chi connectivity index (χ1v) is 8.22. The van der Waals surface area contributed by atoms with Gasteiger partial charge in [-0.15, -0.1) is 0 Å². The van der Waals surface area contributed by atoms with Gasteiger partial charge in [-0.05, 0) is 18.2 Å². The monoisotopic (exact) mass is 357 g/mol. The van der Waals surface area contributed by atoms with Crippen LogP contribution in [0.1, 0.15) is 33.7 Å². The van der Waals surface area contributed by atoms with Crippen molar-refractivity contribution in [2.24, 2.45) is 7.05 Å². The highest BCUT2D eigenvalue weighted by Gasteiger charge is 2.27. The van der Waals surface area contributed by atoms with Crippen molar-refractivity contribution in [2.75, 3.05) is 13.7 Å². The summed E-state index contributed by atoms with van der Waals surface area (Å²) in [6.07, 6.45) is 0.770. The summed E-state index contributed by atoms with van der Waals surface area (Å²) in [7, 11) is 3.26. The van der Waals surface area contributed by atoms with E-state index in [4.69, 9.17) is 9.15 Å². The van der Waals surface area contributed by atoms with E-state index in [1.54, 1.807) is 41.0 Å². The molecule has 9 nitrogen and oxygen atoms in total. The van der Waals surface area contributed by atoms with Gasteiger partial charge >= 0.3 is 0 Å². The molecule has 136 valence electrons. The maximum atomic E-state index is 12.6. The van der Waals surface area contributed by atoms with Gasteiger partial charge in [-0.25, -0.2) is 0 Å². The van der Waals surface area contributed by atoms with Gasteiger partial charge in [-0.1, -0.05) is 0 Å². The molecule has 0 bridgehead atoms. The zero-order valence-electron chi connectivity index (χ0n) is 14.5. The number of methoxy groups -OCH3 is 1. The van der Waals surface area contributed by atoms with E-state index in [1.807, 2.05) is 10.7 Å². The van der Waals surface area contributed by atoms with Crippen LogP contribution in [0.4, 0.5) is 0 Å². The van der Waals surface area contributed by atoms with Crippen LogP contribution >= 0.6 is 0 Å². The molecule has 0 saturated carbocycles. The van der Waals surface area contributed by atoms with Gasteiger partial charge in [0.1, 0.15) is 6.10 Å². The zero-order valence-corrected chi connectivity index (χ0v) is 14.5. The van der Waals surface area contributed by atoms with E-state index in [2.05, 4.69) is 10.2 Å². The van der Waals surface area contributed by atoms with Crippen molar-refractivity contribution >= 4 is 5.91 Å². The Bertz CT molecular complexity index is 941. The third-order valence-corrected chi connectivity index (χ3v) is 4.52. The number of carbonyl (C=O) groups excluding carboxylic acids is 1. The minimum absolute atomic E-state index is 0.200. The number of aromatic nitrogens is 4. The number of amides is 1. The summed E-state index contributed by atoms with van der Waals surface area (Å²) in [4.78, 5) is 14.3. The highest BCUT2D eigenvalue weighted by Crippen LogP contribution is 2.24. The van der Waals surface area contributed by atoms with Gasteiger partial charge < -0.3 is 19.2 Å². The number of hydrogen-bond donors (Lipinski definition) is 1. The van der Waals surface area contributed by atoms with Crippen LogP contribution in [0.15, 0.2) is 34.9 Å². The topological polar surface area (TPSA) is 98.5 Å². The summed E-state index contributed by atoms with van der Waals surface area (Å²) in [6, 6.07) is 6.79. The van der Waals surface area contributed by atoms with Crippen LogP contribution in [0.5, 0.6) is 5.95 Å². The fourth-order valence-electron chi connectivity index (χ4n) is 3.10. The normalized spacial score (nSPS) is 15.0. The Balaban J connectivity index is 1.53. The Morgan fingerprint density at radius 3 is 2.88 bits per heavy atom. The van der Waals surface area contributed by atoms with Crippen molar-refractivity contribution in [3.63, 3.8) is 0 Å². The molecule has 0 aliphatic carbocycles. The molecule has 0 spiro atoms. The third kappa shape index (κ3) is 2.76. The number of aliphatic hydroxyl groups excluding tert-OH is 1. The van der Waals surface area contributed by atoms with Crippen LogP contribution in [-0.4, -0.2) is 49.1 Å². The number of aryl methyl sites for hydroxylation is 1. The molecule has 9 heteroatoms. The van der Waals surface area contributed by atoms with Gasteiger partial charge in [0.25, 0.3) is 11.9 Å². The van der Waals surface area contributed by atoms with Gasteiger partial charge in [0.05, 0.1) is 37.3 Å². The standard InChI is InChI=1S/C17H19N5O4/c1-20-13(5-6-18-20)16(23)12-9-11-10-21(7-8-22(11)19-12)17(24)14-3-4-15(25-2)26-14/h3-6,9,16,23H,7-8,10H2,1-2H3/t16-/m1/s1. The fraction of sp³-hybridized carbons (Fsp3) is 0.353. The molecule has 0 unspecified atom stereocenters. The van der Waals surface area contributed by atoms with E-state index in [0.717, 1.165) is 5.69 Å². The molecule has 3 aromatic rings. The molecule has 0 aromatic carbocycles. The van der Waals surface area contributed by atoms with Crippen molar-refractivity contribution in [1.29, 1.82) is 0 Å². The molecule has 1 aliphatic rings. The number of hydrogen-bond acceptors (Lipinski definition) is 6. The predicted molar refractivity (Wildman–Crippen MR) is 89.5 cm³/mol. The molecule has 1 aliphatic heterocycles. The van der Waals surface area contributed by atoms with Crippen LogP contribution in [-0.2, 0) is 20.1 Å². The first kappa shape index (κ1) is 16.4. The van der Waals surface area contributed by atoms with Crippen LogP contribution in [0.2, 0.25) is 0 Å². The maximum Gasteiger partial charge on any atom is 0.290 e. The van der Waals surface area contributed by atoms with Gasteiger partial charge in [0.15, 0.2) is 5.76 Å². The summed E-state index contributed by atoms with van der Waals surface area (Å²) in [5.74, 6) is 0.344. The molecule has 1 N–H and O–H groups in total. The lowest BCUT2D eigenvalue weighted by Crippen LogP contribution is -2.38. The van der Waals surface area contributed by atoms with Crippen molar-refractivity contribution < 1.29 is 19.1 Å². The van der Waals surface area contributed by atoms with Crippen LogP contribution < -0.4 is 4.74 Å². The molecule has 1 amide bonds. The molecule has 4 rings (SSSR count). The average molecular weight is 357 g/mol. The van der Waals surface area contributed by atoms with E-state index >= 15 is 0 Å². The van der Waals surface area contributed by atoms with E-state index < -0.39 is 6.10 Å². The summed E-state index contributed by atoms with van der Waals surface area (Å²) in [5, 5.41) is 19.1. The molecule has 0 fully saturated rings.